The van der Waals surface area contributed by atoms with E-state index >= 15 is 0 Å². The number of nitriles is 1. The number of anilines is 1. The second kappa shape index (κ2) is 6.97. The molecule has 1 N–H and O–H groups in total. The maximum Gasteiger partial charge on any atom is 0.294 e. The Morgan fingerprint density at radius 2 is 1.79 bits per heavy atom. The van der Waals surface area contributed by atoms with E-state index in [1.54, 1.807) is 45.0 Å². The van der Waals surface area contributed by atoms with Crippen LogP contribution >= 0.6 is 0 Å². The number of carbonyl (C=O) groups excluding carboxylic acids is 2. The van der Waals surface area contributed by atoms with Gasteiger partial charge in [-0.1, -0.05) is 50.6 Å². The second-order valence-electron chi connectivity index (χ2n) is 7.99. The van der Waals surface area contributed by atoms with Crippen LogP contribution in [0.15, 0.2) is 59.9 Å². The molecule has 0 fully saturated rings. The van der Waals surface area contributed by atoms with Gasteiger partial charge in [0.15, 0.2) is 11.5 Å². The Hall–Kier alpha value is -3.39. The summed E-state index contributed by atoms with van der Waals surface area (Å²) >= 11 is 0. The van der Waals surface area contributed by atoms with Crippen molar-refractivity contribution in [1.29, 1.82) is 5.26 Å². The number of hydrogen-bond donors (Lipinski definition) is 1. The van der Waals surface area contributed by atoms with E-state index in [0.29, 0.717) is 11.3 Å². The van der Waals surface area contributed by atoms with Gasteiger partial charge in [-0.3, -0.25) is 14.5 Å². The van der Waals surface area contributed by atoms with Crippen LogP contribution in [0, 0.1) is 23.7 Å². The van der Waals surface area contributed by atoms with Crippen molar-refractivity contribution < 1.29 is 14.7 Å². The normalized spacial score (nSPS) is 17.0. The lowest BCUT2D eigenvalue weighted by atomic mass is 9.82. The molecule has 5 heteroatoms. The Bertz CT molecular complexity index is 1020. The monoisotopic (exact) mass is 374 g/mol. The first-order chi connectivity index (χ1) is 13.1. The smallest absolute Gasteiger partial charge is 0.294 e. The summed E-state index contributed by atoms with van der Waals surface area (Å²) in [5, 5.41) is 19.7. The molecule has 1 amide bonds. The zero-order valence-electron chi connectivity index (χ0n) is 16.4. The van der Waals surface area contributed by atoms with Crippen LogP contribution in [0.5, 0.6) is 0 Å². The molecule has 3 rings (SSSR count). The number of Topliss-reactive ketones (excluding diaryl/α,β-unsaturated/α-hetero) is 1. The second-order valence-corrected chi connectivity index (χ2v) is 7.99. The maximum atomic E-state index is 13.1. The van der Waals surface area contributed by atoms with E-state index in [2.05, 4.69) is 0 Å². The number of aliphatic hydroxyl groups is 1. The van der Waals surface area contributed by atoms with Crippen molar-refractivity contribution in [2.75, 3.05) is 4.90 Å². The molecule has 5 nitrogen and oxygen atoms in total. The van der Waals surface area contributed by atoms with Gasteiger partial charge in [0.1, 0.15) is 0 Å². The van der Waals surface area contributed by atoms with Crippen molar-refractivity contribution in [1.82, 2.24) is 0 Å². The minimum atomic E-state index is -0.758. The Morgan fingerprint density at radius 3 is 2.32 bits per heavy atom. The summed E-state index contributed by atoms with van der Waals surface area (Å²) < 4.78 is 0. The summed E-state index contributed by atoms with van der Waals surface area (Å²) in [7, 11) is 0. The molecule has 1 unspecified atom stereocenters. The molecular weight excluding hydrogens is 352 g/mol. The van der Waals surface area contributed by atoms with E-state index in [-0.39, 0.29) is 11.4 Å². The van der Waals surface area contributed by atoms with Crippen molar-refractivity contribution in [2.45, 2.75) is 33.7 Å². The van der Waals surface area contributed by atoms with Gasteiger partial charge in [0, 0.05) is 11.1 Å². The van der Waals surface area contributed by atoms with Gasteiger partial charge in [-0.05, 0) is 36.8 Å². The molecule has 1 atom stereocenters. The Kier molecular flexibility index (Phi) is 4.82. The summed E-state index contributed by atoms with van der Waals surface area (Å²) in [5.41, 5.74) is 2.05. The predicted molar refractivity (Wildman–Crippen MR) is 107 cm³/mol. The van der Waals surface area contributed by atoms with E-state index in [9.17, 15) is 14.7 Å². The quantitative estimate of drug-likeness (QED) is 0.864. The Labute approximate surface area is 164 Å². The van der Waals surface area contributed by atoms with E-state index < -0.39 is 23.1 Å². The number of benzene rings is 2. The number of aryl methyl sites for hydroxylation is 1. The molecule has 2 aromatic rings. The SMILES string of the molecule is Cc1cccc(C2C(C(=O)C(C)(C)C)=C(O)C(=O)N2c2ccc(C#N)cc2)c1. The van der Waals surface area contributed by atoms with Gasteiger partial charge in [0.25, 0.3) is 5.91 Å². The molecule has 0 radical (unpaired) electrons. The molecule has 28 heavy (non-hydrogen) atoms. The first-order valence-electron chi connectivity index (χ1n) is 9.03. The highest BCUT2D eigenvalue weighted by Crippen LogP contribution is 2.43. The molecule has 1 heterocycles. The van der Waals surface area contributed by atoms with Crippen LogP contribution in [0.3, 0.4) is 0 Å². The van der Waals surface area contributed by atoms with Crippen LogP contribution in [0.1, 0.15) is 43.5 Å². The standard InChI is InChI=1S/C23H22N2O3/c1-14-6-5-7-16(12-14)19-18(21(27)23(2,3)4)20(26)22(28)25(19)17-10-8-15(13-24)9-11-17/h5-12,19,26H,1-4H3. The van der Waals surface area contributed by atoms with E-state index in [1.165, 1.54) is 4.90 Å². The average molecular weight is 374 g/mol. The van der Waals surface area contributed by atoms with Gasteiger partial charge in [0.05, 0.1) is 23.2 Å². The third-order valence-electron chi connectivity index (χ3n) is 4.77. The van der Waals surface area contributed by atoms with Gasteiger partial charge in [-0.25, -0.2) is 0 Å². The summed E-state index contributed by atoms with van der Waals surface area (Å²) in [6, 6.07) is 15.4. The molecule has 0 spiro atoms. The lowest BCUT2D eigenvalue weighted by Gasteiger charge is -2.29. The summed E-state index contributed by atoms with van der Waals surface area (Å²) in [6.07, 6.45) is 0. The van der Waals surface area contributed by atoms with Gasteiger partial charge in [-0.15, -0.1) is 0 Å². The number of carbonyl (C=O) groups is 2. The fourth-order valence-corrected chi connectivity index (χ4v) is 3.36. The molecule has 2 aromatic carbocycles. The number of aliphatic hydroxyl groups excluding tert-OH is 1. The lowest BCUT2D eigenvalue weighted by molar-refractivity contribution is -0.123. The van der Waals surface area contributed by atoms with Crippen LogP contribution in [0.25, 0.3) is 0 Å². The molecule has 0 bridgehead atoms. The molecule has 0 aliphatic carbocycles. The molecule has 0 saturated carbocycles. The highest BCUT2D eigenvalue weighted by atomic mass is 16.3. The minimum absolute atomic E-state index is 0.104. The van der Waals surface area contributed by atoms with Crippen LogP contribution in [-0.4, -0.2) is 16.8 Å². The van der Waals surface area contributed by atoms with E-state index in [4.69, 9.17) is 5.26 Å². The molecule has 0 saturated heterocycles. The number of nitrogens with zero attached hydrogens (tertiary/aromatic N) is 2. The first-order valence-corrected chi connectivity index (χ1v) is 9.03. The summed E-state index contributed by atoms with van der Waals surface area (Å²) in [5.74, 6) is -1.42. The van der Waals surface area contributed by atoms with E-state index in [1.807, 2.05) is 37.3 Å². The minimum Gasteiger partial charge on any atom is -0.503 e. The largest absolute Gasteiger partial charge is 0.503 e. The number of hydrogen-bond acceptors (Lipinski definition) is 4. The third-order valence-corrected chi connectivity index (χ3v) is 4.77. The molecule has 142 valence electrons. The molecule has 1 aliphatic heterocycles. The van der Waals surface area contributed by atoms with Crippen molar-refractivity contribution in [2.24, 2.45) is 5.41 Å². The highest BCUT2D eigenvalue weighted by molar-refractivity contribution is 6.17. The fraction of sp³-hybridized carbons (Fsp3) is 0.261. The van der Waals surface area contributed by atoms with Gasteiger partial charge in [-0.2, -0.15) is 5.26 Å². The predicted octanol–water partition coefficient (Wildman–Crippen LogP) is 4.38. The van der Waals surface area contributed by atoms with Crippen LogP contribution in [-0.2, 0) is 9.59 Å². The Morgan fingerprint density at radius 1 is 1.14 bits per heavy atom. The van der Waals surface area contributed by atoms with Crippen molar-refractivity contribution in [3.05, 3.63) is 76.6 Å². The number of amides is 1. The van der Waals surface area contributed by atoms with E-state index in [0.717, 1.165) is 11.1 Å². The molecule has 0 aromatic heterocycles. The van der Waals surface area contributed by atoms with Crippen molar-refractivity contribution in [3.8, 4) is 6.07 Å². The van der Waals surface area contributed by atoms with Crippen LogP contribution in [0.4, 0.5) is 5.69 Å². The third kappa shape index (κ3) is 3.29. The van der Waals surface area contributed by atoms with Gasteiger partial charge in [0.2, 0.25) is 0 Å². The summed E-state index contributed by atoms with van der Waals surface area (Å²) in [6.45, 7) is 7.22. The van der Waals surface area contributed by atoms with Gasteiger partial charge >= 0.3 is 0 Å². The van der Waals surface area contributed by atoms with Crippen molar-refractivity contribution in [3.63, 3.8) is 0 Å². The highest BCUT2D eigenvalue weighted by Gasteiger charge is 2.46. The number of ketones is 1. The van der Waals surface area contributed by atoms with Crippen LogP contribution in [0.2, 0.25) is 0 Å². The average Bonchev–Trinajstić information content (AvgIpc) is 2.91. The number of rotatable bonds is 3. The zero-order valence-corrected chi connectivity index (χ0v) is 16.4. The molecule has 1 aliphatic rings. The summed E-state index contributed by atoms with van der Waals surface area (Å²) in [4.78, 5) is 27.5. The Balaban J connectivity index is 2.20. The first kappa shape index (κ1) is 19.4. The van der Waals surface area contributed by atoms with Crippen molar-refractivity contribution >= 4 is 17.4 Å². The molecular formula is C23H22N2O3. The fourth-order valence-electron chi connectivity index (χ4n) is 3.36. The topological polar surface area (TPSA) is 81.4 Å². The zero-order chi connectivity index (χ0) is 20.6. The maximum absolute atomic E-state index is 13.1. The van der Waals surface area contributed by atoms with Crippen LogP contribution < -0.4 is 4.90 Å². The lowest BCUT2D eigenvalue weighted by Crippen LogP contribution is -2.32. The van der Waals surface area contributed by atoms with Gasteiger partial charge < -0.3 is 5.11 Å².